The first-order chi connectivity index (χ1) is 19.7. The number of likely N-dealkylation sites (tertiary alicyclic amines) is 1. The van der Waals surface area contributed by atoms with Crippen molar-refractivity contribution < 1.29 is 32.2 Å². The van der Waals surface area contributed by atoms with Gasteiger partial charge in [-0.25, -0.2) is 9.78 Å². The molecule has 0 bridgehead atoms. The molecule has 2 amide bonds. The van der Waals surface area contributed by atoms with Crippen LogP contribution < -0.4 is 10.1 Å². The Balaban J connectivity index is 1.15. The molecule has 1 aromatic heterocycles. The van der Waals surface area contributed by atoms with Crippen molar-refractivity contribution >= 4 is 28.5 Å². The molecule has 2 atom stereocenters. The molecule has 0 spiro atoms. The fourth-order valence-electron chi connectivity index (χ4n) is 5.17. The number of benzene rings is 2. The van der Waals surface area contributed by atoms with Crippen LogP contribution in [0.15, 0.2) is 54.6 Å². The van der Waals surface area contributed by atoms with Gasteiger partial charge in [-0.3, -0.25) is 15.0 Å². The Bertz CT molecular complexity index is 1370. The van der Waals surface area contributed by atoms with Crippen LogP contribution in [0, 0.1) is 0 Å². The molecule has 3 aromatic rings. The molecule has 5 rings (SSSR count). The third-order valence-electron chi connectivity index (χ3n) is 7.31. The van der Waals surface area contributed by atoms with Crippen LogP contribution in [0.1, 0.15) is 47.1 Å². The standard InChI is InChI=1S/C29H31F3N4O4S/c1-35(20-14-15-36(17-20)16-19-8-5-6-11-22(19)29(30,31)32)28(38)40-23-12-7-13-24-26(23)34-27(41-24)33-25(37)18-39-21-9-3-2-4-10-21/h2-6,8-11,20,23H,7,12-18H2,1H3,(H,33,34,37). The smallest absolute Gasteiger partial charge is 0.416 e. The predicted octanol–water partition coefficient (Wildman–Crippen LogP) is 5.90. The third kappa shape index (κ3) is 7.17. The average molecular weight is 589 g/mol. The SMILES string of the molecule is CN(C(=O)OC1CCCc2sc(NC(=O)COc3ccccc3)nc21)C1CCN(Cc2ccccc2C(F)(F)F)C1. The number of amides is 2. The van der Waals surface area contributed by atoms with Gasteiger partial charge in [-0.05, 0) is 49.4 Å². The largest absolute Gasteiger partial charge is 0.484 e. The van der Waals surface area contributed by atoms with E-state index >= 15 is 0 Å². The van der Waals surface area contributed by atoms with Gasteiger partial charge < -0.3 is 14.4 Å². The van der Waals surface area contributed by atoms with Gasteiger partial charge in [0.25, 0.3) is 5.91 Å². The Kier molecular flexibility index (Phi) is 8.79. The molecule has 2 heterocycles. The Morgan fingerprint density at radius 3 is 2.66 bits per heavy atom. The first-order valence-electron chi connectivity index (χ1n) is 13.5. The van der Waals surface area contributed by atoms with Gasteiger partial charge in [0.1, 0.15) is 11.9 Å². The summed E-state index contributed by atoms with van der Waals surface area (Å²) in [5.41, 5.74) is 0.240. The maximum atomic E-state index is 13.4. The Hall–Kier alpha value is -3.64. The minimum absolute atomic E-state index is 0.155. The van der Waals surface area contributed by atoms with E-state index in [1.54, 1.807) is 25.2 Å². The molecule has 2 aromatic carbocycles. The molecular formula is C29H31F3N4O4S. The Labute approximate surface area is 240 Å². The molecule has 1 aliphatic carbocycles. The summed E-state index contributed by atoms with van der Waals surface area (Å²) in [6.45, 7) is 1.03. The number of alkyl halides is 3. The number of anilines is 1. The van der Waals surface area contributed by atoms with E-state index in [0.717, 1.165) is 23.8 Å². The van der Waals surface area contributed by atoms with E-state index in [1.807, 2.05) is 23.1 Å². The average Bonchev–Trinajstić information content (AvgIpc) is 3.59. The highest BCUT2D eigenvalue weighted by Gasteiger charge is 2.36. The molecule has 0 radical (unpaired) electrons. The van der Waals surface area contributed by atoms with E-state index in [1.165, 1.54) is 28.4 Å². The van der Waals surface area contributed by atoms with Crippen LogP contribution in [-0.2, 0) is 28.7 Å². The molecule has 2 aliphatic rings. The molecule has 218 valence electrons. The molecule has 41 heavy (non-hydrogen) atoms. The Morgan fingerprint density at radius 2 is 1.88 bits per heavy atom. The Morgan fingerprint density at radius 1 is 1.12 bits per heavy atom. The number of carbonyl (C=O) groups excluding carboxylic acids is 2. The van der Waals surface area contributed by atoms with Crippen molar-refractivity contribution in [2.75, 3.05) is 32.1 Å². The van der Waals surface area contributed by atoms with Gasteiger partial charge in [0.2, 0.25) is 0 Å². The fraction of sp³-hybridized carbons (Fsp3) is 0.414. The van der Waals surface area contributed by atoms with Crippen LogP contribution in [0.2, 0.25) is 0 Å². The lowest BCUT2D eigenvalue weighted by Crippen LogP contribution is -2.40. The normalized spacial score (nSPS) is 18.9. The lowest BCUT2D eigenvalue weighted by molar-refractivity contribution is -0.138. The van der Waals surface area contributed by atoms with E-state index in [-0.39, 0.29) is 30.7 Å². The molecular weight excluding hydrogens is 557 g/mol. The van der Waals surface area contributed by atoms with Gasteiger partial charge in [-0.1, -0.05) is 36.4 Å². The van der Waals surface area contributed by atoms with Gasteiger partial charge in [0.05, 0.1) is 11.3 Å². The van der Waals surface area contributed by atoms with Crippen LogP contribution in [0.25, 0.3) is 0 Å². The summed E-state index contributed by atoms with van der Waals surface area (Å²) in [4.78, 5) is 34.4. The van der Waals surface area contributed by atoms with Crippen LogP contribution in [0.3, 0.4) is 0 Å². The number of nitrogens with zero attached hydrogens (tertiary/aromatic N) is 3. The van der Waals surface area contributed by atoms with Crippen LogP contribution >= 0.6 is 11.3 Å². The maximum Gasteiger partial charge on any atom is 0.416 e. The second-order valence-electron chi connectivity index (χ2n) is 10.2. The quantitative estimate of drug-likeness (QED) is 0.353. The van der Waals surface area contributed by atoms with Crippen molar-refractivity contribution in [2.24, 2.45) is 0 Å². The summed E-state index contributed by atoms with van der Waals surface area (Å²) in [5, 5.41) is 3.19. The van der Waals surface area contributed by atoms with Crippen molar-refractivity contribution in [2.45, 2.75) is 50.6 Å². The first-order valence-corrected chi connectivity index (χ1v) is 14.3. The van der Waals surface area contributed by atoms with Gasteiger partial charge in [-0.15, -0.1) is 11.3 Å². The number of rotatable bonds is 8. The summed E-state index contributed by atoms with van der Waals surface area (Å²) < 4.78 is 51.6. The molecule has 1 N–H and O–H groups in total. The molecule has 12 heteroatoms. The van der Waals surface area contributed by atoms with Crippen LogP contribution in [-0.4, -0.2) is 59.6 Å². The number of para-hydroxylation sites is 1. The monoisotopic (exact) mass is 588 g/mol. The summed E-state index contributed by atoms with van der Waals surface area (Å²) in [6.07, 6.45) is -2.60. The van der Waals surface area contributed by atoms with Crippen molar-refractivity contribution in [3.05, 3.63) is 76.3 Å². The molecule has 1 fully saturated rings. The summed E-state index contributed by atoms with van der Waals surface area (Å²) >= 11 is 1.36. The minimum Gasteiger partial charge on any atom is -0.484 e. The number of thiazole rings is 1. The number of carbonyl (C=O) groups is 2. The minimum atomic E-state index is -4.41. The molecule has 1 aliphatic heterocycles. The number of hydrogen-bond acceptors (Lipinski definition) is 7. The van der Waals surface area contributed by atoms with Crippen molar-refractivity contribution in [1.82, 2.24) is 14.8 Å². The van der Waals surface area contributed by atoms with E-state index in [9.17, 15) is 22.8 Å². The molecule has 1 saturated heterocycles. The maximum absolute atomic E-state index is 13.4. The molecule has 8 nitrogen and oxygen atoms in total. The van der Waals surface area contributed by atoms with Crippen LogP contribution in [0.5, 0.6) is 5.75 Å². The first kappa shape index (κ1) is 28.9. The van der Waals surface area contributed by atoms with Crippen molar-refractivity contribution in [3.8, 4) is 5.75 Å². The van der Waals surface area contributed by atoms with Gasteiger partial charge in [0.15, 0.2) is 11.7 Å². The lowest BCUT2D eigenvalue weighted by Gasteiger charge is -2.28. The molecule has 0 saturated carbocycles. The number of likely N-dealkylation sites (N-methyl/N-ethyl adjacent to an activating group) is 1. The zero-order valence-electron chi connectivity index (χ0n) is 22.5. The summed E-state index contributed by atoms with van der Waals surface area (Å²) in [7, 11) is 1.66. The van der Waals surface area contributed by atoms with Crippen molar-refractivity contribution in [1.29, 1.82) is 0 Å². The zero-order chi connectivity index (χ0) is 29.0. The lowest BCUT2D eigenvalue weighted by atomic mass is 10.0. The van der Waals surface area contributed by atoms with E-state index < -0.39 is 23.9 Å². The van der Waals surface area contributed by atoms with Gasteiger partial charge in [0, 0.05) is 37.6 Å². The highest BCUT2D eigenvalue weighted by molar-refractivity contribution is 7.15. The molecule has 2 unspecified atom stereocenters. The highest BCUT2D eigenvalue weighted by atomic mass is 32.1. The number of hydrogen-bond donors (Lipinski definition) is 1. The topological polar surface area (TPSA) is 84.0 Å². The number of ether oxygens (including phenoxy) is 2. The predicted molar refractivity (Wildman–Crippen MR) is 148 cm³/mol. The zero-order valence-corrected chi connectivity index (χ0v) is 23.3. The van der Waals surface area contributed by atoms with E-state index in [4.69, 9.17) is 9.47 Å². The second-order valence-corrected chi connectivity index (χ2v) is 11.3. The fourth-order valence-corrected chi connectivity index (χ4v) is 6.24. The number of fused-ring (bicyclic) bond motifs is 1. The number of aryl methyl sites for hydroxylation is 1. The van der Waals surface area contributed by atoms with Gasteiger partial charge in [-0.2, -0.15) is 13.2 Å². The second kappa shape index (κ2) is 12.5. The van der Waals surface area contributed by atoms with E-state index in [2.05, 4.69) is 10.3 Å². The summed E-state index contributed by atoms with van der Waals surface area (Å²) in [5.74, 6) is 0.255. The summed E-state index contributed by atoms with van der Waals surface area (Å²) in [6, 6.07) is 14.4. The van der Waals surface area contributed by atoms with Crippen LogP contribution in [0.4, 0.5) is 23.1 Å². The van der Waals surface area contributed by atoms with E-state index in [0.29, 0.717) is 42.5 Å². The number of aromatic nitrogens is 1. The number of nitrogens with one attached hydrogen (secondary N) is 1. The van der Waals surface area contributed by atoms with Crippen molar-refractivity contribution in [3.63, 3.8) is 0 Å². The highest BCUT2D eigenvalue weighted by Crippen LogP contribution is 2.38. The van der Waals surface area contributed by atoms with Gasteiger partial charge >= 0.3 is 12.3 Å². The number of halogens is 3. The third-order valence-corrected chi connectivity index (χ3v) is 8.35.